The Bertz CT molecular complexity index is 867. The summed E-state index contributed by atoms with van der Waals surface area (Å²) in [5.74, 6) is 0.592. The maximum Gasteiger partial charge on any atom is 0.290 e. The minimum atomic E-state index is -0.368. The third-order valence-corrected chi connectivity index (χ3v) is 3.28. The maximum absolute atomic E-state index is 12.3. The molecule has 2 N–H and O–H groups in total. The van der Waals surface area contributed by atoms with Crippen LogP contribution in [-0.4, -0.2) is 20.0 Å². The SMILES string of the molecule is CCn1nc(-c2ccccc2)c(-c2nnc(C)o2)c(N)c1=O. The molecule has 3 aromatic rings. The summed E-state index contributed by atoms with van der Waals surface area (Å²) < 4.78 is 6.77. The van der Waals surface area contributed by atoms with Gasteiger partial charge in [-0.05, 0) is 6.92 Å². The molecule has 0 atom stereocenters. The molecule has 0 saturated carbocycles. The van der Waals surface area contributed by atoms with E-state index < -0.39 is 0 Å². The Hall–Kier alpha value is -2.96. The average Bonchev–Trinajstić information content (AvgIpc) is 2.96. The predicted molar refractivity (Wildman–Crippen MR) is 82.0 cm³/mol. The first-order chi connectivity index (χ1) is 10.6. The number of aryl methyl sites for hydroxylation is 2. The average molecular weight is 297 g/mol. The molecular formula is C15H15N5O2. The van der Waals surface area contributed by atoms with Gasteiger partial charge in [-0.15, -0.1) is 10.2 Å². The first-order valence-corrected chi connectivity index (χ1v) is 6.88. The van der Waals surface area contributed by atoms with Crippen molar-refractivity contribution in [2.45, 2.75) is 20.4 Å². The van der Waals surface area contributed by atoms with Crippen molar-refractivity contribution in [1.29, 1.82) is 0 Å². The van der Waals surface area contributed by atoms with E-state index in [0.29, 0.717) is 23.7 Å². The second-order valence-electron chi connectivity index (χ2n) is 4.75. The molecule has 0 bridgehead atoms. The number of hydrogen-bond acceptors (Lipinski definition) is 6. The fourth-order valence-corrected chi connectivity index (χ4v) is 2.22. The maximum atomic E-state index is 12.3. The van der Waals surface area contributed by atoms with Crippen molar-refractivity contribution in [2.24, 2.45) is 0 Å². The normalized spacial score (nSPS) is 10.8. The third kappa shape index (κ3) is 2.26. The zero-order chi connectivity index (χ0) is 15.7. The third-order valence-electron chi connectivity index (χ3n) is 3.28. The number of aromatic nitrogens is 4. The summed E-state index contributed by atoms with van der Waals surface area (Å²) in [4.78, 5) is 12.3. The standard InChI is InChI=1S/C15H15N5O2/c1-3-20-15(21)12(16)11(14-18-17-9(2)22-14)13(19-20)10-7-5-4-6-8-10/h4-8H,3,16H2,1-2H3. The smallest absolute Gasteiger partial charge is 0.290 e. The van der Waals surface area contributed by atoms with E-state index in [0.717, 1.165) is 5.56 Å². The molecule has 22 heavy (non-hydrogen) atoms. The van der Waals surface area contributed by atoms with Crippen LogP contribution in [0.4, 0.5) is 5.69 Å². The van der Waals surface area contributed by atoms with E-state index in [9.17, 15) is 4.79 Å². The van der Waals surface area contributed by atoms with E-state index in [1.807, 2.05) is 37.3 Å². The molecule has 112 valence electrons. The molecule has 0 radical (unpaired) electrons. The van der Waals surface area contributed by atoms with Crippen LogP contribution in [0.5, 0.6) is 0 Å². The van der Waals surface area contributed by atoms with Gasteiger partial charge in [-0.3, -0.25) is 4.79 Å². The summed E-state index contributed by atoms with van der Waals surface area (Å²) in [5.41, 5.74) is 7.47. The van der Waals surface area contributed by atoms with Crippen molar-refractivity contribution >= 4 is 5.69 Å². The minimum Gasteiger partial charge on any atom is -0.421 e. The lowest BCUT2D eigenvalue weighted by molar-refractivity contribution is 0.531. The zero-order valence-corrected chi connectivity index (χ0v) is 12.3. The van der Waals surface area contributed by atoms with Crippen LogP contribution in [0, 0.1) is 6.92 Å². The second kappa shape index (κ2) is 5.44. The van der Waals surface area contributed by atoms with Gasteiger partial charge in [0.25, 0.3) is 11.4 Å². The number of nitrogen functional groups attached to an aromatic ring is 1. The molecule has 3 rings (SSSR count). The number of benzene rings is 1. The molecule has 0 fully saturated rings. The van der Waals surface area contributed by atoms with Crippen LogP contribution in [0.25, 0.3) is 22.7 Å². The Morgan fingerprint density at radius 1 is 1.23 bits per heavy atom. The summed E-state index contributed by atoms with van der Waals surface area (Å²) in [7, 11) is 0. The highest BCUT2D eigenvalue weighted by atomic mass is 16.4. The van der Waals surface area contributed by atoms with E-state index in [-0.39, 0.29) is 17.1 Å². The molecule has 7 nitrogen and oxygen atoms in total. The van der Waals surface area contributed by atoms with E-state index in [1.165, 1.54) is 4.68 Å². The lowest BCUT2D eigenvalue weighted by atomic mass is 10.1. The lowest BCUT2D eigenvalue weighted by Crippen LogP contribution is -2.26. The zero-order valence-electron chi connectivity index (χ0n) is 12.3. The monoisotopic (exact) mass is 297 g/mol. The molecule has 7 heteroatoms. The Morgan fingerprint density at radius 2 is 1.95 bits per heavy atom. The molecule has 0 amide bonds. The molecule has 1 aromatic carbocycles. The quantitative estimate of drug-likeness (QED) is 0.792. The van der Waals surface area contributed by atoms with Gasteiger partial charge in [-0.2, -0.15) is 5.10 Å². The summed E-state index contributed by atoms with van der Waals surface area (Å²) in [6, 6.07) is 9.45. The second-order valence-corrected chi connectivity index (χ2v) is 4.75. The molecular weight excluding hydrogens is 282 g/mol. The van der Waals surface area contributed by atoms with Crippen LogP contribution < -0.4 is 11.3 Å². The molecule has 2 aromatic heterocycles. The fraction of sp³-hybridized carbons (Fsp3) is 0.200. The summed E-state index contributed by atoms with van der Waals surface area (Å²) >= 11 is 0. The number of anilines is 1. The van der Waals surface area contributed by atoms with E-state index in [1.54, 1.807) is 6.92 Å². The van der Waals surface area contributed by atoms with Crippen LogP contribution in [0.2, 0.25) is 0 Å². The molecule has 0 aliphatic rings. The first kappa shape index (κ1) is 14.0. The van der Waals surface area contributed by atoms with Crippen LogP contribution in [0.3, 0.4) is 0 Å². The molecule has 0 aliphatic carbocycles. The van der Waals surface area contributed by atoms with Crippen LogP contribution in [0.1, 0.15) is 12.8 Å². The van der Waals surface area contributed by atoms with Crippen molar-refractivity contribution < 1.29 is 4.42 Å². The van der Waals surface area contributed by atoms with Crippen molar-refractivity contribution in [3.05, 3.63) is 46.6 Å². The largest absolute Gasteiger partial charge is 0.421 e. The number of nitrogens with two attached hydrogens (primary N) is 1. The Kier molecular flexibility index (Phi) is 3.46. The summed E-state index contributed by atoms with van der Waals surface area (Å²) in [6.45, 7) is 3.93. The number of hydrogen-bond donors (Lipinski definition) is 1. The van der Waals surface area contributed by atoms with Crippen molar-refractivity contribution in [1.82, 2.24) is 20.0 Å². The van der Waals surface area contributed by atoms with Gasteiger partial charge in [0.2, 0.25) is 5.89 Å². The Morgan fingerprint density at radius 3 is 2.55 bits per heavy atom. The van der Waals surface area contributed by atoms with Crippen LogP contribution in [-0.2, 0) is 6.54 Å². The molecule has 0 unspecified atom stereocenters. The van der Waals surface area contributed by atoms with Gasteiger partial charge in [-0.25, -0.2) is 4.68 Å². The predicted octanol–water partition coefficient (Wildman–Crippen LogP) is 1.87. The highest BCUT2D eigenvalue weighted by Gasteiger charge is 2.21. The van der Waals surface area contributed by atoms with E-state index in [2.05, 4.69) is 15.3 Å². The molecule has 0 spiro atoms. The summed E-state index contributed by atoms with van der Waals surface area (Å²) in [6.07, 6.45) is 0. The lowest BCUT2D eigenvalue weighted by Gasteiger charge is -2.11. The van der Waals surface area contributed by atoms with Gasteiger partial charge in [0.05, 0.1) is 5.56 Å². The van der Waals surface area contributed by atoms with Gasteiger partial charge >= 0.3 is 0 Å². The van der Waals surface area contributed by atoms with Gasteiger partial charge in [0.1, 0.15) is 11.4 Å². The van der Waals surface area contributed by atoms with Crippen molar-refractivity contribution in [3.63, 3.8) is 0 Å². The Labute approximate surface area is 126 Å². The first-order valence-electron chi connectivity index (χ1n) is 6.88. The summed E-state index contributed by atoms with van der Waals surface area (Å²) in [5, 5.41) is 12.2. The van der Waals surface area contributed by atoms with Gasteiger partial charge in [0, 0.05) is 19.0 Å². The van der Waals surface area contributed by atoms with Crippen LogP contribution >= 0.6 is 0 Å². The molecule has 2 heterocycles. The van der Waals surface area contributed by atoms with E-state index >= 15 is 0 Å². The fourth-order valence-electron chi connectivity index (χ4n) is 2.22. The minimum absolute atomic E-state index is 0.0550. The van der Waals surface area contributed by atoms with Crippen molar-refractivity contribution in [2.75, 3.05) is 5.73 Å². The van der Waals surface area contributed by atoms with Gasteiger partial charge in [0.15, 0.2) is 0 Å². The molecule has 0 saturated heterocycles. The highest BCUT2D eigenvalue weighted by Crippen LogP contribution is 2.32. The van der Waals surface area contributed by atoms with E-state index in [4.69, 9.17) is 10.2 Å². The van der Waals surface area contributed by atoms with Crippen molar-refractivity contribution in [3.8, 4) is 22.7 Å². The highest BCUT2D eigenvalue weighted by molar-refractivity contribution is 5.84. The van der Waals surface area contributed by atoms with Crippen LogP contribution in [0.15, 0.2) is 39.5 Å². The topological polar surface area (TPSA) is 99.8 Å². The Balaban J connectivity index is 2.36. The van der Waals surface area contributed by atoms with Gasteiger partial charge < -0.3 is 10.2 Å². The number of nitrogens with zero attached hydrogens (tertiary/aromatic N) is 4. The van der Waals surface area contributed by atoms with Gasteiger partial charge in [-0.1, -0.05) is 30.3 Å². The molecule has 0 aliphatic heterocycles. The number of rotatable bonds is 3.